The second-order valence-corrected chi connectivity index (χ2v) is 6.20. The quantitative estimate of drug-likeness (QED) is 0.752. The summed E-state index contributed by atoms with van der Waals surface area (Å²) < 4.78 is 18.7. The summed E-state index contributed by atoms with van der Waals surface area (Å²) in [5.74, 6) is 0.358. The van der Waals surface area contributed by atoms with E-state index in [1.807, 2.05) is 26.0 Å². The average molecular weight is 374 g/mol. The second kappa shape index (κ2) is 10.5. The maximum Gasteiger partial charge on any atom is 0.258 e. The Morgan fingerprint density at radius 3 is 2.41 bits per heavy atom. The van der Waals surface area contributed by atoms with Crippen molar-refractivity contribution in [2.45, 2.75) is 39.9 Å². The molecule has 1 aromatic rings. The second-order valence-electron chi connectivity index (χ2n) is 6.20. The summed E-state index contributed by atoms with van der Waals surface area (Å²) in [7, 11) is 1.51. The standard InChI is InChI=1S/C20H22FNO3.C2H6/c1-14(20(2,3)23)11-16-7-10-18(12-19(16)22-24-4)25-13-15-5-8-17(21)9-6-15;1-2/h5-12,23H,1,13H2,2-4H3;1-2H3/p+1/b16-11-,22-19+;. The summed E-state index contributed by atoms with van der Waals surface area (Å²) >= 11 is 0. The molecule has 1 aliphatic rings. The average Bonchev–Trinajstić information content (AvgIpc) is 2.64. The van der Waals surface area contributed by atoms with Gasteiger partial charge in [0.2, 0.25) is 0 Å². The monoisotopic (exact) mass is 374 g/mol. The maximum atomic E-state index is 12.9. The molecule has 0 aromatic heterocycles. The number of benzene rings is 1. The predicted octanol–water partition coefficient (Wildman–Crippen LogP) is 3.16. The Morgan fingerprint density at radius 2 is 1.85 bits per heavy atom. The van der Waals surface area contributed by atoms with Crippen LogP contribution >= 0.6 is 0 Å². The normalized spacial score (nSPS) is 16.5. The van der Waals surface area contributed by atoms with Crippen molar-refractivity contribution < 1.29 is 24.2 Å². The van der Waals surface area contributed by atoms with Crippen molar-refractivity contribution >= 4 is 5.71 Å². The summed E-state index contributed by atoms with van der Waals surface area (Å²) in [4.78, 5) is 5.01. The van der Waals surface area contributed by atoms with Crippen LogP contribution in [0.4, 0.5) is 4.39 Å². The summed E-state index contributed by atoms with van der Waals surface area (Å²) in [6.07, 6.45) is 7.23. The van der Waals surface area contributed by atoms with Crippen molar-refractivity contribution in [1.82, 2.24) is 0 Å². The molecule has 2 rings (SSSR count). The SMILES string of the molecule is C=C(/C=C1/C=CC(OCc2ccc(F)cc2)=C/C1=[NH+]\OC)C(C)(C)O.CC. The Morgan fingerprint density at radius 1 is 1.22 bits per heavy atom. The zero-order valence-electron chi connectivity index (χ0n) is 16.7. The Kier molecular flexibility index (Phi) is 8.69. The van der Waals surface area contributed by atoms with Gasteiger partial charge < -0.3 is 9.84 Å². The first-order valence-corrected chi connectivity index (χ1v) is 8.86. The van der Waals surface area contributed by atoms with E-state index in [1.54, 1.807) is 38.1 Å². The van der Waals surface area contributed by atoms with Crippen LogP contribution in [0.5, 0.6) is 0 Å². The van der Waals surface area contributed by atoms with Crippen molar-refractivity contribution in [1.29, 1.82) is 0 Å². The molecule has 0 saturated heterocycles. The highest BCUT2D eigenvalue weighted by Crippen LogP contribution is 2.20. The van der Waals surface area contributed by atoms with Crippen molar-refractivity contribution in [3.05, 3.63) is 83.4 Å². The van der Waals surface area contributed by atoms with E-state index in [0.717, 1.165) is 11.1 Å². The molecule has 1 aromatic carbocycles. The fraction of sp³-hybridized carbons (Fsp3) is 0.318. The van der Waals surface area contributed by atoms with Crippen LogP contribution in [-0.4, -0.2) is 23.5 Å². The van der Waals surface area contributed by atoms with E-state index in [2.05, 4.69) is 11.7 Å². The number of nitrogens with one attached hydrogen (secondary N) is 1. The molecule has 0 saturated carbocycles. The first-order chi connectivity index (χ1) is 12.8. The number of rotatable bonds is 6. The highest BCUT2D eigenvalue weighted by atomic mass is 19.1. The molecule has 4 nitrogen and oxygen atoms in total. The molecule has 5 heteroatoms. The molecule has 0 radical (unpaired) electrons. The van der Waals surface area contributed by atoms with Crippen LogP contribution in [-0.2, 0) is 16.2 Å². The van der Waals surface area contributed by atoms with Crippen molar-refractivity contribution in [3.8, 4) is 0 Å². The summed E-state index contributed by atoms with van der Waals surface area (Å²) in [5.41, 5.74) is 1.93. The van der Waals surface area contributed by atoms with Gasteiger partial charge in [0.25, 0.3) is 5.71 Å². The number of halogens is 1. The van der Waals surface area contributed by atoms with Crippen LogP contribution in [0.15, 0.2) is 72.1 Å². The van der Waals surface area contributed by atoms with Crippen molar-refractivity contribution in [2.75, 3.05) is 7.11 Å². The van der Waals surface area contributed by atoms with E-state index >= 15 is 0 Å². The summed E-state index contributed by atoms with van der Waals surface area (Å²) in [5, 5.41) is 12.8. The number of ether oxygens (including phenoxy) is 1. The van der Waals surface area contributed by atoms with E-state index in [-0.39, 0.29) is 5.82 Å². The van der Waals surface area contributed by atoms with Crippen LogP contribution < -0.4 is 5.16 Å². The Hall–Kier alpha value is -2.66. The van der Waals surface area contributed by atoms with Crippen LogP contribution in [0.2, 0.25) is 0 Å². The number of allylic oxidation sites excluding steroid dienone is 4. The van der Waals surface area contributed by atoms with Crippen LogP contribution in [0.25, 0.3) is 0 Å². The summed E-state index contributed by atoms with van der Waals surface area (Å²) in [6.45, 7) is 11.6. The van der Waals surface area contributed by atoms with Crippen LogP contribution in [0, 0.1) is 5.82 Å². The van der Waals surface area contributed by atoms with Crippen molar-refractivity contribution in [2.24, 2.45) is 0 Å². The largest absolute Gasteiger partial charge is 0.489 e. The summed E-state index contributed by atoms with van der Waals surface area (Å²) in [6, 6.07) is 6.16. The topological polar surface area (TPSA) is 52.7 Å². The fourth-order valence-electron chi connectivity index (χ4n) is 2.06. The highest BCUT2D eigenvalue weighted by Gasteiger charge is 2.20. The Balaban J connectivity index is 0.00000176. The molecule has 0 heterocycles. The predicted molar refractivity (Wildman–Crippen MR) is 106 cm³/mol. The fourth-order valence-corrected chi connectivity index (χ4v) is 2.06. The van der Waals surface area contributed by atoms with Gasteiger partial charge >= 0.3 is 0 Å². The number of hydrogen-bond donors (Lipinski definition) is 2. The molecule has 146 valence electrons. The molecule has 0 bridgehead atoms. The molecule has 0 spiro atoms. The minimum absolute atomic E-state index is 0.276. The smallest absolute Gasteiger partial charge is 0.258 e. The van der Waals surface area contributed by atoms with Gasteiger partial charge in [0, 0.05) is 0 Å². The third kappa shape index (κ3) is 7.23. The molecule has 1 aliphatic carbocycles. The molecule has 0 atom stereocenters. The van der Waals surface area contributed by atoms with Gasteiger partial charge in [-0.15, -0.1) is 0 Å². The lowest BCUT2D eigenvalue weighted by Gasteiger charge is -2.18. The van der Waals surface area contributed by atoms with Gasteiger partial charge in [-0.3, -0.25) is 4.84 Å². The minimum Gasteiger partial charge on any atom is -0.489 e. The van der Waals surface area contributed by atoms with E-state index in [0.29, 0.717) is 23.7 Å². The third-order valence-electron chi connectivity index (χ3n) is 3.67. The number of aliphatic hydroxyl groups is 1. The van der Waals surface area contributed by atoms with Crippen LogP contribution in [0.1, 0.15) is 33.3 Å². The molecule has 0 fully saturated rings. The van der Waals surface area contributed by atoms with Gasteiger partial charge in [-0.25, -0.2) is 4.39 Å². The molecule has 0 unspecified atom stereocenters. The molecule has 2 N–H and O–H groups in total. The van der Waals surface area contributed by atoms with Gasteiger partial charge in [0.05, 0.1) is 17.3 Å². The highest BCUT2D eigenvalue weighted by molar-refractivity contribution is 6.08. The molecule has 27 heavy (non-hydrogen) atoms. The van der Waals surface area contributed by atoms with Crippen molar-refractivity contribution in [3.63, 3.8) is 0 Å². The van der Waals surface area contributed by atoms with Gasteiger partial charge in [0.15, 0.2) is 0 Å². The van der Waals surface area contributed by atoms with E-state index in [9.17, 15) is 9.50 Å². The van der Waals surface area contributed by atoms with Gasteiger partial charge in [-0.2, -0.15) is 0 Å². The first kappa shape index (κ1) is 22.4. The Bertz CT molecular complexity index is 751. The Labute approximate surface area is 161 Å². The molecular weight excluding hydrogens is 345 g/mol. The zero-order valence-corrected chi connectivity index (χ0v) is 16.7. The maximum absolute atomic E-state index is 12.9. The van der Waals surface area contributed by atoms with E-state index in [4.69, 9.17) is 9.57 Å². The van der Waals surface area contributed by atoms with Crippen LogP contribution in [0.3, 0.4) is 0 Å². The lowest BCUT2D eigenvalue weighted by atomic mass is 9.94. The van der Waals surface area contributed by atoms with Gasteiger partial charge in [-0.1, -0.05) is 32.6 Å². The zero-order chi connectivity index (χ0) is 20.4. The lowest BCUT2D eigenvalue weighted by molar-refractivity contribution is -0.743. The number of hydrogen-bond acceptors (Lipinski definition) is 3. The molecule has 0 amide bonds. The first-order valence-electron chi connectivity index (χ1n) is 8.86. The van der Waals surface area contributed by atoms with Gasteiger partial charge in [-0.05, 0) is 60.5 Å². The van der Waals surface area contributed by atoms with E-state index in [1.165, 1.54) is 19.2 Å². The minimum atomic E-state index is -1.01. The lowest BCUT2D eigenvalue weighted by Crippen LogP contribution is -2.71. The molecular formula is C22H29FNO3+. The molecule has 0 aliphatic heterocycles. The van der Waals surface area contributed by atoms with Gasteiger partial charge in [0.1, 0.15) is 25.3 Å². The van der Waals surface area contributed by atoms with E-state index < -0.39 is 5.60 Å². The third-order valence-corrected chi connectivity index (χ3v) is 3.67.